The number of hydrogen-bond acceptors (Lipinski definition) is 2. The maximum atomic E-state index is 13.1. The van der Waals surface area contributed by atoms with Crippen LogP contribution in [0.25, 0.3) is 11.8 Å². The van der Waals surface area contributed by atoms with Crippen LogP contribution in [0.15, 0.2) is 54.1 Å². The molecule has 152 valence electrons. The fraction of sp³-hybridized carbons (Fsp3) is 0.200. The molecule has 1 aromatic heterocycles. The van der Waals surface area contributed by atoms with Gasteiger partial charge in [0, 0.05) is 17.1 Å². The van der Waals surface area contributed by atoms with Crippen LogP contribution in [-0.2, 0) is 11.2 Å². The highest BCUT2D eigenvalue weighted by Crippen LogP contribution is 2.28. The molecule has 1 amide bonds. The molecule has 4 nitrogen and oxygen atoms in total. The minimum absolute atomic E-state index is 0.0138. The number of para-hydroxylation sites is 1. The number of anilines is 1. The average molecular weight is 401 g/mol. The minimum atomic E-state index is -0.529. The van der Waals surface area contributed by atoms with Gasteiger partial charge in [-0.3, -0.25) is 4.79 Å². The van der Waals surface area contributed by atoms with Gasteiger partial charge in [0.2, 0.25) is 0 Å². The summed E-state index contributed by atoms with van der Waals surface area (Å²) in [6.45, 7) is 8.21. The zero-order valence-electron chi connectivity index (χ0n) is 17.6. The Morgan fingerprint density at radius 2 is 1.87 bits per heavy atom. The molecular formula is C25H24FN3O. The lowest BCUT2D eigenvalue weighted by molar-refractivity contribution is -0.112. The van der Waals surface area contributed by atoms with E-state index < -0.39 is 5.91 Å². The number of aromatic nitrogens is 1. The molecule has 0 saturated carbocycles. The number of nitrogens with zero attached hydrogens (tertiary/aromatic N) is 2. The third-order valence-corrected chi connectivity index (χ3v) is 5.16. The van der Waals surface area contributed by atoms with Crippen LogP contribution in [0.2, 0.25) is 0 Å². The second kappa shape index (κ2) is 8.79. The van der Waals surface area contributed by atoms with Crippen LogP contribution >= 0.6 is 0 Å². The number of rotatable bonds is 5. The van der Waals surface area contributed by atoms with E-state index in [4.69, 9.17) is 0 Å². The van der Waals surface area contributed by atoms with Crippen molar-refractivity contribution in [3.63, 3.8) is 0 Å². The topological polar surface area (TPSA) is 57.8 Å². The first-order valence-electron chi connectivity index (χ1n) is 9.82. The molecule has 3 aromatic rings. The van der Waals surface area contributed by atoms with Gasteiger partial charge in [0.25, 0.3) is 5.91 Å². The first-order chi connectivity index (χ1) is 14.3. The van der Waals surface area contributed by atoms with E-state index in [9.17, 15) is 14.4 Å². The van der Waals surface area contributed by atoms with Gasteiger partial charge in [-0.05, 0) is 80.3 Å². The van der Waals surface area contributed by atoms with E-state index in [1.54, 1.807) is 6.08 Å². The van der Waals surface area contributed by atoms with Crippen molar-refractivity contribution in [3.8, 4) is 11.8 Å². The van der Waals surface area contributed by atoms with Crippen molar-refractivity contribution < 1.29 is 9.18 Å². The molecule has 0 atom stereocenters. The normalized spacial score (nSPS) is 11.3. The lowest BCUT2D eigenvalue weighted by Gasteiger charge is -2.17. The number of hydrogen-bond donors (Lipinski definition) is 1. The first kappa shape index (κ1) is 21.1. The quantitative estimate of drug-likeness (QED) is 0.444. The summed E-state index contributed by atoms with van der Waals surface area (Å²) in [5, 5.41) is 12.2. The maximum Gasteiger partial charge on any atom is 0.266 e. The van der Waals surface area contributed by atoms with Gasteiger partial charge in [-0.15, -0.1) is 0 Å². The Hall–Kier alpha value is -3.65. The van der Waals surface area contributed by atoms with E-state index in [1.807, 2.05) is 26.0 Å². The Bertz CT molecular complexity index is 1160. The molecule has 0 aliphatic carbocycles. The van der Waals surface area contributed by atoms with Crippen LogP contribution in [-0.4, -0.2) is 10.5 Å². The summed E-state index contributed by atoms with van der Waals surface area (Å²) in [5.41, 5.74) is 6.76. The summed E-state index contributed by atoms with van der Waals surface area (Å²) in [7, 11) is 0. The minimum Gasteiger partial charge on any atom is -0.321 e. The second-order valence-corrected chi connectivity index (χ2v) is 7.23. The second-order valence-electron chi connectivity index (χ2n) is 7.23. The highest BCUT2D eigenvalue weighted by Gasteiger charge is 2.16. The number of nitrogens with one attached hydrogen (secondary N) is 1. The van der Waals surface area contributed by atoms with Crippen LogP contribution in [0.3, 0.4) is 0 Å². The van der Waals surface area contributed by atoms with Gasteiger partial charge in [0.05, 0.1) is 5.69 Å². The largest absolute Gasteiger partial charge is 0.321 e. The molecule has 0 bridgehead atoms. The number of amides is 1. The van der Waals surface area contributed by atoms with Crippen molar-refractivity contribution in [2.75, 3.05) is 5.32 Å². The molecule has 0 aliphatic rings. The summed E-state index contributed by atoms with van der Waals surface area (Å²) < 4.78 is 15.2. The van der Waals surface area contributed by atoms with Crippen molar-refractivity contribution >= 4 is 17.7 Å². The van der Waals surface area contributed by atoms with Crippen molar-refractivity contribution in [2.45, 2.75) is 34.1 Å². The van der Waals surface area contributed by atoms with Gasteiger partial charge in [0.1, 0.15) is 17.5 Å². The SMILES string of the molecule is CCc1cccc(C)c1-n1c(C)cc(/C=C(/C#N)C(=O)Nc2ccc(F)cc2)c1C. The Morgan fingerprint density at radius 1 is 1.17 bits per heavy atom. The van der Waals surface area contributed by atoms with Crippen LogP contribution < -0.4 is 5.32 Å². The molecular weight excluding hydrogens is 377 g/mol. The zero-order valence-corrected chi connectivity index (χ0v) is 17.6. The summed E-state index contributed by atoms with van der Waals surface area (Å²) in [5.74, 6) is -0.918. The maximum absolute atomic E-state index is 13.1. The monoisotopic (exact) mass is 401 g/mol. The highest BCUT2D eigenvalue weighted by molar-refractivity contribution is 6.09. The molecule has 0 saturated heterocycles. The standard InChI is InChI=1S/C25H24FN3O/c1-5-19-8-6-7-16(2)24(19)29-17(3)13-20(18(29)4)14-21(15-27)25(30)28-23-11-9-22(26)10-12-23/h6-14H,5H2,1-4H3,(H,28,30)/b21-14-. The summed E-state index contributed by atoms with van der Waals surface area (Å²) >= 11 is 0. The van der Waals surface area contributed by atoms with Gasteiger partial charge >= 0.3 is 0 Å². The Labute approximate surface area is 176 Å². The van der Waals surface area contributed by atoms with Gasteiger partial charge in [-0.2, -0.15) is 5.26 Å². The third-order valence-electron chi connectivity index (χ3n) is 5.16. The van der Waals surface area contributed by atoms with Gasteiger partial charge in [0.15, 0.2) is 0 Å². The Kier molecular flexibility index (Phi) is 6.17. The lowest BCUT2D eigenvalue weighted by Crippen LogP contribution is -2.13. The van der Waals surface area contributed by atoms with Crippen LogP contribution in [0.1, 0.15) is 35.0 Å². The van der Waals surface area contributed by atoms with E-state index in [-0.39, 0.29) is 11.4 Å². The third kappa shape index (κ3) is 4.18. The highest BCUT2D eigenvalue weighted by atomic mass is 19.1. The summed E-state index contributed by atoms with van der Waals surface area (Å²) in [6, 6.07) is 15.6. The van der Waals surface area contributed by atoms with Crippen molar-refractivity contribution in [3.05, 3.63) is 88.0 Å². The first-order valence-corrected chi connectivity index (χ1v) is 9.82. The lowest BCUT2D eigenvalue weighted by atomic mass is 10.1. The van der Waals surface area contributed by atoms with E-state index in [2.05, 4.69) is 41.9 Å². The van der Waals surface area contributed by atoms with Crippen molar-refractivity contribution in [2.24, 2.45) is 0 Å². The number of carbonyl (C=O) groups is 1. The fourth-order valence-electron chi connectivity index (χ4n) is 3.64. The van der Waals surface area contributed by atoms with Crippen LogP contribution in [0.5, 0.6) is 0 Å². The summed E-state index contributed by atoms with van der Waals surface area (Å²) in [4.78, 5) is 12.6. The van der Waals surface area contributed by atoms with Crippen molar-refractivity contribution in [1.82, 2.24) is 4.57 Å². The molecule has 0 radical (unpaired) electrons. The van der Waals surface area contributed by atoms with E-state index >= 15 is 0 Å². The molecule has 1 heterocycles. The average Bonchev–Trinajstić information content (AvgIpc) is 3.00. The molecule has 30 heavy (non-hydrogen) atoms. The fourth-order valence-corrected chi connectivity index (χ4v) is 3.64. The van der Waals surface area contributed by atoms with E-state index in [0.29, 0.717) is 5.69 Å². The number of nitriles is 1. The molecule has 0 aliphatic heterocycles. The molecule has 1 N–H and O–H groups in total. The van der Waals surface area contributed by atoms with Crippen LogP contribution in [0, 0.1) is 37.9 Å². The molecule has 0 unspecified atom stereocenters. The molecule has 5 heteroatoms. The van der Waals surface area contributed by atoms with Crippen molar-refractivity contribution in [1.29, 1.82) is 5.26 Å². The molecule has 0 fully saturated rings. The number of halogens is 1. The van der Waals surface area contributed by atoms with Gasteiger partial charge in [-0.1, -0.05) is 25.1 Å². The predicted octanol–water partition coefficient (Wildman–Crippen LogP) is 5.65. The molecule has 0 spiro atoms. The Morgan fingerprint density at radius 3 is 2.50 bits per heavy atom. The van der Waals surface area contributed by atoms with E-state index in [0.717, 1.165) is 29.1 Å². The smallest absolute Gasteiger partial charge is 0.266 e. The van der Waals surface area contributed by atoms with Crippen LogP contribution in [0.4, 0.5) is 10.1 Å². The number of aryl methyl sites for hydroxylation is 3. The summed E-state index contributed by atoms with van der Waals surface area (Å²) in [6.07, 6.45) is 2.50. The van der Waals surface area contributed by atoms with Gasteiger partial charge < -0.3 is 9.88 Å². The Balaban J connectivity index is 1.99. The predicted molar refractivity (Wildman–Crippen MR) is 118 cm³/mol. The van der Waals surface area contributed by atoms with E-state index in [1.165, 1.54) is 35.4 Å². The molecule has 3 rings (SSSR count). The number of carbonyl (C=O) groups excluding carboxylic acids is 1. The van der Waals surface area contributed by atoms with Gasteiger partial charge in [-0.25, -0.2) is 4.39 Å². The zero-order chi connectivity index (χ0) is 21.8. The molecule has 2 aromatic carbocycles. The number of benzene rings is 2.